The molecule has 3 heterocycles. The Morgan fingerprint density at radius 1 is 0.886 bits per heavy atom. The van der Waals surface area contributed by atoms with Crippen LogP contribution < -0.4 is 10.7 Å². The number of allylic oxidation sites excluding steroid dienone is 2. The molecule has 3 nitrogen and oxygen atoms in total. The van der Waals surface area contributed by atoms with Gasteiger partial charge in [-0.2, -0.15) is 0 Å². The summed E-state index contributed by atoms with van der Waals surface area (Å²) >= 11 is 4.50. The van der Waals surface area contributed by atoms with Gasteiger partial charge >= 0.3 is 0 Å². The maximum atomic E-state index is 4.50. The van der Waals surface area contributed by atoms with Crippen LogP contribution in [0.5, 0.6) is 0 Å². The lowest BCUT2D eigenvalue weighted by molar-refractivity contribution is 0.349. The molecular weight excluding hydrogens is 446 g/mol. The zero-order valence-electron chi connectivity index (χ0n) is 20.3. The Morgan fingerprint density at radius 2 is 1.63 bits per heavy atom. The summed E-state index contributed by atoms with van der Waals surface area (Å²) in [6.45, 7) is 15.0. The second kappa shape index (κ2) is 8.92. The molecule has 178 valence electrons. The second-order valence-corrected chi connectivity index (χ2v) is 10.8. The maximum absolute atomic E-state index is 4.50. The molecule has 1 aromatic heterocycles. The molecule has 4 aromatic rings. The van der Waals surface area contributed by atoms with Crippen LogP contribution in [0.1, 0.15) is 54.3 Å². The van der Waals surface area contributed by atoms with Crippen LogP contribution in [0.3, 0.4) is 0 Å². The third-order valence-corrected chi connectivity index (χ3v) is 8.46. The number of rotatable bonds is 4. The number of nitrogens with one attached hydrogen (secondary N) is 1. The molecule has 4 heteroatoms. The first-order valence-corrected chi connectivity index (χ1v) is 13.1. The van der Waals surface area contributed by atoms with E-state index < -0.39 is 0 Å². The van der Waals surface area contributed by atoms with Crippen molar-refractivity contribution in [2.24, 2.45) is 0 Å². The predicted octanol–water partition coefficient (Wildman–Crippen LogP) is 6.49. The van der Waals surface area contributed by atoms with Crippen molar-refractivity contribution in [2.45, 2.75) is 44.1 Å². The van der Waals surface area contributed by atoms with Crippen molar-refractivity contribution in [3.05, 3.63) is 101 Å². The highest BCUT2D eigenvalue weighted by Gasteiger charge is 2.24. The highest BCUT2D eigenvalue weighted by Crippen LogP contribution is 2.35. The van der Waals surface area contributed by atoms with Gasteiger partial charge in [0.2, 0.25) is 0 Å². The van der Waals surface area contributed by atoms with Crippen molar-refractivity contribution in [2.75, 3.05) is 13.1 Å². The molecule has 0 radical (unpaired) electrons. The highest BCUT2D eigenvalue weighted by molar-refractivity contribution is 7.77. The standard InChI is InChI=1S/C31H33N3S/c1-20-7-13-29(21(2)32-20)34-22(3)27-5-4-6-28-26(12-14-30(34)31(27)28)19-23-8-10-24(11-9-23)25-15-17-33(35)18-16-25/h4-6,8-12,14,25,29,32,35H,1-3,7,13,15-19H2. The minimum Gasteiger partial charge on any atom is -0.362 e. The van der Waals surface area contributed by atoms with E-state index in [4.69, 9.17) is 0 Å². The Hall–Kier alpha value is -2.95. The number of benzene rings is 3. The summed E-state index contributed by atoms with van der Waals surface area (Å²) in [5.74, 6) is 0.655. The summed E-state index contributed by atoms with van der Waals surface area (Å²) in [5, 5.41) is 8.34. The predicted molar refractivity (Wildman–Crippen MR) is 152 cm³/mol. The Balaban J connectivity index is 1.34. The molecule has 2 saturated heterocycles. The van der Waals surface area contributed by atoms with E-state index in [-0.39, 0.29) is 6.04 Å². The van der Waals surface area contributed by atoms with Crippen LogP contribution >= 0.6 is 12.8 Å². The van der Waals surface area contributed by atoms with Crippen molar-refractivity contribution in [3.8, 4) is 0 Å². The molecule has 0 spiro atoms. The molecule has 2 aliphatic rings. The lowest BCUT2D eigenvalue weighted by Gasteiger charge is -2.29. The molecule has 0 aliphatic carbocycles. The molecule has 0 bridgehead atoms. The van der Waals surface area contributed by atoms with Gasteiger partial charge in [0.1, 0.15) is 0 Å². The quantitative estimate of drug-likeness (QED) is 0.326. The van der Waals surface area contributed by atoms with Gasteiger partial charge in [0.25, 0.3) is 0 Å². The lowest BCUT2D eigenvalue weighted by Crippen LogP contribution is -2.31. The zero-order chi connectivity index (χ0) is 24.1. The summed E-state index contributed by atoms with van der Waals surface area (Å²) in [7, 11) is 0. The number of hydrogen-bond donors (Lipinski definition) is 2. The first-order valence-electron chi connectivity index (χ1n) is 12.7. The fourth-order valence-corrected chi connectivity index (χ4v) is 6.38. The molecule has 6 rings (SSSR count). The van der Waals surface area contributed by atoms with Gasteiger partial charge in [0.05, 0.1) is 11.6 Å². The normalized spacial score (nSPS) is 20.1. The van der Waals surface area contributed by atoms with Crippen LogP contribution in [0, 0.1) is 0 Å². The molecule has 1 atom stereocenters. The number of piperidine rings is 2. The summed E-state index contributed by atoms with van der Waals surface area (Å²) < 4.78 is 4.52. The maximum Gasteiger partial charge on any atom is 0.0738 e. The fraction of sp³-hybridized carbons (Fsp3) is 0.290. The van der Waals surface area contributed by atoms with Crippen LogP contribution in [-0.2, 0) is 6.42 Å². The number of nitrogens with zero attached hydrogens (tertiary/aromatic N) is 2. The first kappa shape index (κ1) is 22.5. The van der Waals surface area contributed by atoms with Crippen molar-refractivity contribution in [1.82, 2.24) is 14.2 Å². The van der Waals surface area contributed by atoms with Crippen LogP contribution in [0.15, 0.2) is 79.1 Å². The van der Waals surface area contributed by atoms with E-state index >= 15 is 0 Å². The molecular formula is C31H33N3S. The van der Waals surface area contributed by atoms with E-state index in [0.717, 1.165) is 49.1 Å². The molecule has 3 aromatic carbocycles. The van der Waals surface area contributed by atoms with E-state index in [1.54, 1.807) is 0 Å². The smallest absolute Gasteiger partial charge is 0.0738 e. The fourth-order valence-electron chi connectivity index (χ4n) is 6.14. The van der Waals surface area contributed by atoms with Gasteiger partial charge in [-0.05, 0) is 66.2 Å². The zero-order valence-corrected chi connectivity index (χ0v) is 21.2. The van der Waals surface area contributed by atoms with Crippen molar-refractivity contribution >= 4 is 41.1 Å². The summed E-state index contributed by atoms with van der Waals surface area (Å²) in [6, 6.07) is 20.8. The third kappa shape index (κ3) is 3.99. The largest absolute Gasteiger partial charge is 0.362 e. The molecule has 2 aliphatic heterocycles. The Labute approximate surface area is 213 Å². The van der Waals surface area contributed by atoms with Crippen molar-refractivity contribution < 1.29 is 0 Å². The topological polar surface area (TPSA) is 20.2 Å². The summed E-state index contributed by atoms with van der Waals surface area (Å²) in [6.07, 6.45) is 5.26. The minimum absolute atomic E-state index is 0.191. The van der Waals surface area contributed by atoms with E-state index in [1.807, 2.05) is 0 Å². The summed E-state index contributed by atoms with van der Waals surface area (Å²) in [5.41, 5.74) is 7.49. The monoisotopic (exact) mass is 479 g/mol. The summed E-state index contributed by atoms with van der Waals surface area (Å²) in [4.78, 5) is 0. The van der Waals surface area contributed by atoms with E-state index in [9.17, 15) is 0 Å². The SMILES string of the molecule is C=C1CCC(n2c(=C)c3cccc4c(Cc5ccc(C6CCN(S)CC6)cc5)ccc2c43)C(=C)N1. The van der Waals surface area contributed by atoms with Gasteiger partial charge in [-0.3, -0.25) is 4.31 Å². The Kier molecular flexibility index (Phi) is 5.74. The van der Waals surface area contributed by atoms with Gasteiger partial charge in [0, 0.05) is 40.6 Å². The first-order chi connectivity index (χ1) is 17.0. The Morgan fingerprint density at radius 3 is 2.37 bits per heavy atom. The van der Waals surface area contributed by atoms with Gasteiger partial charge in [-0.1, -0.05) is 81.1 Å². The highest BCUT2D eigenvalue weighted by atomic mass is 32.1. The average Bonchev–Trinajstić information content (AvgIpc) is 3.15. The van der Waals surface area contributed by atoms with Crippen molar-refractivity contribution in [1.29, 1.82) is 0 Å². The van der Waals surface area contributed by atoms with Gasteiger partial charge in [-0.25, -0.2) is 0 Å². The minimum atomic E-state index is 0.191. The number of thiol groups is 1. The number of hydrogen-bond acceptors (Lipinski definition) is 3. The molecule has 35 heavy (non-hydrogen) atoms. The van der Waals surface area contributed by atoms with Gasteiger partial charge in [0.15, 0.2) is 0 Å². The molecule has 2 fully saturated rings. The van der Waals surface area contributed by atoms with Gasteiger partial charge in [-0.15, -0.1) is 0 Å². The average molecular weight is 480 g/mol. The van der Waals surface area contributed by atoms with Crippen LogP contribution in [-0.4, -0.2) is 22.0 Å². The second-order valence-electron chi connectivity index (χ2n) is 10.2. The van der Waals surface area contributed by atoms with E-state index in [1.165, 1.54) is 51.2 Å². The van der Waals surface area contributed by atoms with Crippen molar-refractivity contribution in [3.63, 3.8) is 0 Å². The van der Waals surface area contributed by atoms with Crippen LogP contribution in [0.25, 0.3) is 28.3 Å². The molecule has 0 amide bonds. The van der Waals surface area contributed by atoms with Gasteiger partial charge < -0.3 is 9.88 Å². The Bertz CT molecular complexity index is 1470. The number of aromatic nitrogens is 1. The van der Waals surface area contributed by atoms with Crippen LogP contribution in [0.4, 0.5) is 0 Å². The van der Waals surface area contributed by atoms with E-state index in [2.05, 4.69) is 101 Å². The van der Waals surface area contributed by atoms with E-state index in [0.29, 0.717) is 5.92 Å². The van der Waals surface area contributed by atoms with Crippen LogP contribution in [0.2, 0.25) is 0 Å². The third-order valence-electron chi connectivity index (χ3n) is 8.06. The lowest BCUT2D eigenvalue weighted by atomic mass is 9.89. The molecule has 1 N–H and O–H groups in total. The molecule has 1 unspecified atom stereocenters. The molecule has 0 saturated carbocycles.